The molecule has 1 fully saturated rings. The minimum Gasteiger partial charge on any atom is -0.314 e. The lowest BCUT2D eigenvalue weighted by Gasteiger charge is -2.19. The van der Waals surface area contributed by atoms with E-state index in [0.29, 0.717) is 6.04 Å². The molecule has 1 rings (SSSR count). The van der Waals surface area contributed by atoms with Crippen molar-refractivity contribution in [2.24, 2.45) is 11.8 Å². The highest BCUT2D eigenvalue weighted by atomic mass is 14.9. The Morgan fingerprint density at radius 1 is 1.25 bits per heavy atom. The zero-order valence-electron chi connectivity index (χ0n) is 8.77. The fourth-order valence-electron chi connectivity index (χ4n) is 2.31. The maximum atomic E-state index is 3.55. The molecule has 1 heteroatoms. The third-order valence-electron chi connectivity index (χ3n) is 3.13. The van der Waals surface area contributed by atoms with E-state index >= 15 is 0 Å². The zero-order chi connectivity index (χ0) is 8.97. The summed E-state index contributed by atoms with van der Waals surface area (Å²) in [6.07, 6.45) is 5.77. The van der Waals surface area contributed by atoms with Crippen molar-refractivity contribution in [1.29, 1.82) is 0 Å². The molecule has 1 saturated carbocycles. The number of hydrogen-bond acceptors (Lipinski definition) is 1. The van der Waals surface area contributed by atoms with Crippen LogP contribution in [0.2, 0.25) is 0 Å². The topological polar surface area (TPSA) is 12.0 Å². The molecule has 0 aromatic heterocycles. The van der Waals surface area contributed by atoms with E-state index in [1.165, 1.54) is 32.2 Å². The van der Waals surface area contributed by atoms with Gasteiger partial charge in [0.05, 0.1) is 0 Å². The smallest absolute Gasteiger partial charge is 0.00104 e. The second kappa shape index (κ2) is 4.86. The van der Waals surface area contributed by atoms with Crippen LogP contribution in [0.1, 0.15) is 46.5 Å². The predicted octanol–water partition coefficient (Wildman–Crippen LogP) is 2.81. The zero-order valence-corrected chi connectivity index (χ0v) is 8.77. The van der Waals surface area contributed by atoms with E-state index in [1.807, 2.05) is 0 Å². The van der Waals surface area contributed by atoms with Crippen molar-refractivity contribution >= 4 is 0 Å². The van der Waals surface area contributed by atoms with Gasteiger partial charge < -0.3 is 5.32 Å². The van der Waals surface area contributed by atoms with Gasteiger partial charge in [0.25, 0.3) is 0 Å². The molecule has 0 aromatic carbocycles. The van der Waals surface area contributed by atoms with Crippen molar-refractivity contribution in [2.75, 3.05) is 6.54 Å². The predicted molar refractivity (Wildman–Crippen MR) is 54.3 cm³/mol. The highest BCUT2D eigenvalue weighted by Crippen LogP contribution is 2.33. The SMILES string of the molecule is CCC1CCCC1CNC(C)C. The molecule has 0 aromatic rings. The van der Waals surface area contributed by atoms with Gasteiger partial charge in [-0.3, -0.25) is 0 Å². The third-order valence-corrected chi connectivity index (χ3v) is 3.13. The Bertz CT molecular complexity index is 120. The Morgan fingerprint density at radius 2 is 1.92 bits per heavy atom. The first-order valence-electron chi connectivity index (χ1n) is 5.47. The van der Waals surface area contributed by atoms with Gasteiger partial charge in [0.2, 0.25) is 0 Å². The van der Waals surface area contributed by atoms with Gasteiger partial charge in [-0.1, -0.05) is 40.0 Å². The van der Waals surface area contributed by atoms with E-state index < -0.39 is 0 Å². The Labute approximate surface area is 76.9 Å². The second-order valence-electron chi connectivity index (χ2n) is 4.42. The molecule has 0 aliphatic heterocycles. The van der Waals surface area contributed by atoms with Gasteiger partial charge in [-0.25, -0.2) is 0 Å². The van der Waals surface area contributed by atoms with Crippen LogP contribution in [-0.2, 0) is 0 Å². The molecule has 72 valence electrons. The normalized spacial score (nSPS) is 30.0. The summed E-state index contributed by atoms with van der Waals surface area (Å²) in [5.74, 6) is 1.98. The molecule has 1 aliphatic rings. The van der Waals surface area contributed by atoms with Crippen molar-refractivity contribution in [3.8, 4) is 0 Å². The van der Waals surface area contributed by atoms with Gasteiger partial charge in [0.15, 0.2) is 0 Å². The minimum absolute atomic E-state index is 0.656. The average molecular weight is 169 g/mol. The lowest BCUT2D eigenvalue weighted by Crippen LogP contribution is -2.30. The molecule has 2 unspecified atom stereocenters. The van der Waals surface area contributed by atoms with Crippen molar-refractivity contribution in [1.82, 2.24) is 5.32 Å². The van der Waals surface area contributed by atoms with Gasteiger partial charge in [-0.05, 0) is 24.8 Å². The lowest BCUT2D eigenvalue weighted by molar-refractivity contribution is 0.348. The Morgan fingerprint density at radius 3 is 2.50 bits per heavy atom. The van der Waals surface area contributed by atoms with E-state index in [2.05, 4.69) is 26.1 Å². The van der Waals surface area contributed by atoms with E-state index in [4.69, 9.17) is 0 Å². The quantitative estimate of drug-likeness (QED) is 0.682. The summed E-state index contributed by atoms with van der Waals surface area (Å²) >= 11 is 0. The van der Waals surface area contributed by atoms with Crippen LogP contribution in [0.15, 0.2) is 0 Å². The van der Waals surface area contributed by atoms with Crippen LogP contribution in [0.25, 0.3) is 0 Å². The minimum atomic E-state index is 0.656. The fraction of sp³-hybridized carbons (Fsp3) is 1.00. The summed E-state index contributed by atoms with van der Waals surface area (Å²) < 4.78 is 0. The molecule has 0 spiro atoms. The number of rotatable bonds is 4. The van der Waals surface area contributed by atoms with Crippen LogP contribution in [0.4, 0.5) is 0 Å². The Kier molecular flexibility index (Phi) is 4.07. The summed E-state index contributed by atoms with van der Waals surface area (Å²) in [7, 11) is 0. The van der Waals surface area contributed by atoms with Crippen LogP contribution in [-0.4, -0.2) is 12.6 Å². The van der Waals surface area contributed by atoms with Gasteiger partial charge in [-0.2, -0.15) is 0 Å². The summed E-state index contributed by atoms with van der Waals surface area (Å²) in [5, 5.41) is 3.55. The first kappa shape index (κ1) is 10.0. The van der Waals surface area contributed by atoms with Gasteiger partial charge in [0, 0.05) is 6.04 Å². The summed E-state index contributed by atoms with van der Waals surface area (Å²) in [6.45, 7) is 8.04. The molecule has 0 heterocycles. The van der Waals surface area contributed by atoms with E-state index in [9.17, 15) is 0 Å². The largest absolute Gasteiger partial charge is 0.314 e. The lowest BCUT2D eigenvalue weighted by atomic mass is 9.93. The molecular formula is C11H23N. The van der Waals surface area contributed by atoms with Crippen molar-refractivity contribution < 1.29 is 0 Å². The van der Waals surface area contributed by atoms with Crippen molar-refractivity contribution in [3.63, 3.8) is 0 Å². The maximum absolute atomic E-state index is 3.55. The van der Waals surface area contributed by atoms with Gasteiger partial charge >= 0.3 is 0 Å². The monoisotopic (exact) mass is 169 g/mol. The molecule has 1 aliphatic carbocycles. The van der Waals surface area contributed by atoms with E-state index in [-0.39, 0.29) is 0 Å². The van der Waals surface area contributed by atoms with E-state index in [0.717, 1.165) is 11.8 Å². The van der Waals surface area contributed by atoms with E-state index in [1.54, 1.807) is 0 Å². The Hall–Kier alpha value is -0.0400. The highest BCUT2D eigenvalue weighted by Gasteiger charge is 2.25. The molecule has 0 radical (unpaired) electrons. The van der Waals surface area contributed by atoms with Gasteiger partial charge in [-0.15, -0.1) is 0 Å². The van der Waals surface area contributed by atoms with Gasteiger partial charge in [0.1, 0.15) is 0 Å². The Balaban J connectivity index is 2.21. The van der Waals surface area contributed by atoms with Crippen molar-refractivity contribution in [3.05, 3.63) is 0 Å². The van der Waals surface area contributed by atoms with Crippen LogP contribution >= 0.6 is 0 Å². The number of hydrogen-bond donors (Lipinski definition) is 1. The van der Waals surface area contributed by atoms with Crippen LogP contribution < -0.4 is 5.32 Å². The fourth-order valence-corrected chi connectivity index (χ4v) is 2.31. The molecule has 1 N–H and O–H groups in total. The highest BCUT2D eigenvalue weighted by molar-refractivity contribution is 4.78. The van der Waals surface area contributed by atoms with Crippen LogP contribution in [0, 0.1) is 11.8 Å². The standard InChI is InChI=1S/C11H23N/c1-4-10-6-5-7-11(10)8-12-9(2)3/h9-12H,4-8H2,1-3H3. The molecule has 0 amide bonds. The average Bonchev–Trinajstić information content (AvgIpc) is 2.47. The molecule has 12 heavy (non-hydrogen) atoms. The third kappa shape index (κ3) is 2.78. The first-order valence-corrected chi connectivity index (χ1v) is 5.47. The summed E-state index contributed by atoms with van der Waals surface area (Å²) in [5.41, 5.74) is 0. The van der Waals surface area contributed by atoms with Crippen LogP contribution in [0.5, 0.6) is 0 Å². The summed E-state index contributed by atoms with van der Waals surface area (Å²) in [6, 6.07) is 0.656. The van der Waals surface area contributed by atoms with Crippen molar-refractivity contribution in [2.45, 2.75) is 52.5 Å². The molecule has 2 atom stereocenters. The van der Waals surface area contributed by atoms with Crippen LogP contribution in [0.3, 0.4) is 0 Å². The summed E-state index contributed by atoms with van der Waals surface area (Å²) in [4.78, 5) is 0. The second-order valence-corrected chi connectivity index (χ2v) is 4.42. The molecule has 0 bridgehead atoms. The molecular weight excluding hydrogens is 146 g/mol. The molecule has 0 saturated heterocycles. The number of nitrogens with one attached hydrogen (secondary N) is 1. The molecule has 1 nitrogen and oxygen atoms in total. The first-order chi connectivity index (χ1) is 5.74. The maximum Gasteiger partial charge on any atom is 0.00104 e.